The second-order valence-electron chi connectivity index (χ2n) is 6.76. The topological polar surface area (TPSA) is 75.7 Å². The first-order valence-electron chi connectivity index (χ1n) is 8.70. The molecule has 0 bridgehead atoms. The van der Waals surface area contributed by atoms with Crippen molar-refractivity contribution in [1.82, 2.24) is 0 Å². The number of hydrogen-bond donors (Lipinski definition) is 1. The summed E-state index contributed by atoms with van der Waals surface area (Å²) >= 11 is 3.38. The van der Waals surface area contributed by atoms with Crippen LogP contribution in [0.1, 0.15) is 18.4 Å². The second kappa shape index (κ2) is 6.83. The predicted octanol–water partition coefficient (Wildman–Crippen LogP) is 3.56. The smallest absolute Gasteiger partial charge is 0.263 e. The molecule has 1 saturated carbocycles. The van der Waals surface area contributed by atoms with Gasteiger partial charge in [-0.3, -0.25) is 9.52 Å². The molecule has 0 spiro atoms. The van der Waals surface area contributed by atoms with Crippen LogP contribution in [0.2, 0.25) is 0 Å². The summed E-state index contributed by atoms with van der Waals surface area (Å²) in [5.41, 5.74) is 2.09. The molecule has 1 N–H and O–H groups in total. The summed E-state index contributed by atoms with van der Waals surface area (Å²) in [7, 11) is -2.31. The fourth-order valence-corrected chi connectivity index (χ4v) is 5.43. The minimum Gasteiger partial charge on any atom is -0.497 e. The van der Waals surface area contributed by atoms with Crippen molar-refractivity contribution in [3.8, 4) is 5.75 Å². The number of amides is 1. The van der Waals surface area contributed by atoms with Gasteiger partial charge >= 0.3 is 0 Å². The van der Waals surface area contributed by atoms with Crippen molar-refractivity contribution < 1.29 is 17.9 Å². The molecule has 1 aliphatic heterocycles. The van der Waals surface area contributed by atoms with Crippen molar-refractivity contribution in [2.75, 3.05) is 23.3 Å². The first-order chi connectivity index (χ1) is 12.9. The molecule has 0 unspecified atom stereocenters. The van der Waals surface area contributed by atoms with Gasteiger partial charge in [0.15, 0.2) is 0 Å². The monoisotopic (exact) mass is 450 g/mol. The van der Waals surface area contributed by atoms with Crippen LogP contribution in [-0.2, 0) is 21.2 Å². The van der Waals surface area contributed by atoms with Crippen LogP contribution in [0.5, 0.6) is 5.75 Å². The average Bonchev–Trinajstić information content (AvgIpc) is 3.40. The average molecular weight is 451 g/mol. The molecule has 1 aliphatic carbocycles. The number of hydrogen-bond acceptors (Lipinski definition) is 4. The molecule has 4 rings (SSSR count). The number of carbonyl (C=O) groups is 1. The van der Waals surface area contributed by atoms with Gasteiger partial charge in [0, 0.05) is 28.7 Å². The van der Waals surface area contributed by atoms with E-state index in [9.17, 15) is 13.2 Å². The maximum absolute atomic E-state index is 13.0. The number of fused-ring (bicyclic) bond motifs is 1. The van der Waals surface area contributed by atoms with Crippen LogP contribution in [0.15, 0.2) is 45.8 Å². The third-order valence-corrected chi connectivity index (χ3v) is 7.17. The zero-order chi connectivity index (χ0) is 19.2. The Kier molecular flexibility index (Phi) is 4.63. The van der Waals surface area contributed by atoms with Crippen molar-refractivity contribution in [2.24, 2.45) is 5.92 Å². The van der Waals surface area contributed by atoms with E-state index in [1.165, 1.54) is 7.11 Å². The highest BCUT2D eigenvalue weighted by atomic mass is 79.9. The Bertz CT molecular complexity index is 1020. The number of rotatable bonds is 5. The zero-order valence-electron chi connectivity index (χ0n) is 14.7. The van der Waals surface area contributed by atoms with Gasteiger partial charge < -0.3 is 9.64 Å². The van der Waals surface area contributed by atoms with Gasteiger partial charge in [-0.05, 0) is 65.0 Å². The van der Waals surface area contributed by atoms with Crippen molar-refractivity contribution in [3.63, 3.8) is 0 Å². The summed E-state index contributed by atoms with van der Waals surface area (Å²) in [6.45, 7) is 0.601. The van der Waals surface area contributed by atoms with Gasteiger partial charge in [-0.15, -0.1) is 0 Å². The van der Waals surface area contributed by atoms with E-state index >= 15 is 0 Å². The van der Waals surface area contributed by atoms with Gasteiger partial charge in [-0.25, -0.2) is 8.42 Å². The van der Waals surface area contributed by atoms with Crippen LogP contribution in [0.4, 0.5) is 11.4 Å². The second-order valence-corrected chi connectivity index (χ2v) is 9.27. The predicted molar refractivity (Wildman–Crippen MR) is 107 cm³/mol. The molecule has 2 aromatic rings. The lowest BCUT2D eigenvalue weighted by atomic mass is 10.2. The lowest BCUT2D eigenvalue weighted by molar-refractivity contribution is -0.119. The van der Waals surface area contributed by atoms with Crippen LogP contribution in [-0.4, -0.2) is 28.0 Å². The van der Waals surface area contributed by atoms with Crippen molar-refractivity contribution in [2.45, 2.75) is 24.2 Å². The van der Waals surface area contributed by atoms with Crippen molar-refractivity contribution in [1.29, 1.82) is 0 Å². The molecule has 27 heavy (non-hydrogen) atoms. The van der Waals surface area contributed by atoms with Gasteiger partial charge in [-0.2, -0.15) is 0 Å². The van der Waals surface area contributed by atoms with Crippen molar-refractivity contribution in [3.05, 3.63) is 46.4 Å². The molecule has 0 aromatic heterocycles. The number of nitrogens with zero attached hydrogens (tertiary/aromatic N) is 1. The van der Waals surface area contributed by atoms with E-state index in [0.717, 1.165) is 24.8 Å². The Hall–Kier alpha value is -2.06. The molecule has 1 fully saturated rings. The van der Waals surface area contributed by atoms with Gasteiger partial charge in [0.25, 0.3) is 10.0 Å². The quantitative estimate of drug-likeness (QED) is 0.755. The molecule has 2 aromatic carbocycles. The highest BCUT2D eigenvalue weighted by Crippen LogP contribution is 2.39. The molecule has 6 nitrogen and oxygen atoms in total. The molecular formula is C19H19BrN2O4S. The molecule has 8 heteroatoms. The number of nitrogens with one attached hydrogen (secondary N) is 1. The van der Waals surface area contributed by atoms with Gasteiger partial charge in [-0.1, -0.05) is 6.07 Å². The Morgan fingerprint density at radius 3 is 2.74 bits per heavy atom. The summed E-state index contributed by atoms with van der Waals surface area (Å²) < 4.78 is 34.1. The van der Waals surface area contributed by atoms with Crippen LogP contribution >= 0.6 is 15.9 Å². The van der Waals surface area contributed by atoms with Crippen LogP contribution in [0.3, 0.4) is 0 Å². The first-order valence-corrected chi connectivity index (χ1v) is 11.0. The van der Waals surface area contributed by atoms with E-state index in [1.54, 1.807) is 41.3 Å². The van der Waals surface area contributed by atoms with Gasteiger partial charge in [0.1, 0.15) is 10.6 Å². The normalized spacial score (nSPS) is 16.1. The largest absolute Gasteiger partial charge is 0.497 e. The number of sulfonamides is 1. The van der Waals surface area contributed by atoms with E-state index in [4.69, 9.17) is 4.74 Å². The Morgan fingerprint density at radius 1 is 1.26 bits per heavy atom. The number of benzene rings is 2. The fraction of sp³-hybridized carbons (Fsp3) is 0.316. The standard InChI is InChI=1S/C19H19BrN2O4S/c1-26-15-4-2-3-14(10-15)21-27(24,25)18-11-17-13(9-16(18)20)7-8-22(17)19(23)12-5-6-12/h2-4,9-12,21H,5-8H2,1H3. The SMILES string of the molecule is COc1cccc(NS(=O)(=O)c2cc3c(cc2Br)CCN3C(=O)C2CC2)c1. The summed E-state index contributed by atoms with van der Waals surface area (Å²) in [5.74, 6) is 0.749. The molecule has 0 atom stereocenters. The molecular weight excluding hydrogens is 432 g/mol. The van der Waals surface area contributed by atoms with Crippen LogP contribution in [0.25, 0.3) is 0 Å². The molecule has 2 aliphatic rings. The van der Waals surface area contributed by atoms with Crippen LogP contribution < -0.4 is 14.4 Å². The lowest BCUT2D eigenvalue weighted by Gasteiger charge is -2.19. The Balaban J connectivity index is 1.68. The minimum absolute atomic E-state index is 0.0922. The van der Waals surface area contributed by atoms with E-state index in [-0.39, 0.29) is 16.7 Å². The molecule has 1 amide bonds. The fourth-order valence-electron chi connectivity index (χ4n) is 3.27. The van der Waals surface area contributed by atoms with E-state index in [2.05, 4.69) is 20.7 Å². The van der Waals surface area contributed by atoms with Crippen molar-refractivity contribution >= 4 is 43.2 Å². The number of halogens is 1. The Morgan fingerprint density at radius 2 is 2.04 bits per heavy atom. The molecule has 142 valence electrons. The van der Waals surface area contributed by atoms with E-state index in [0.29, 0.717) is 28.1 Å². The third kappa shape index (κ3) is 3.55. The van der Waals surface area contributed by atoms with Crippen LogP contribution in [0, 0.1) is 5.92 Å². The summed E-state index contributed by atoms with van der Waals surface area (Å²) in [5, 5.41) is 0. The maximum atomic E-state index is 13.0. The van der Waals surface area contributed by atoms with E-state index in [1.807, 2.05) is 0 Å². The maximum Gasteiger partial charge on any atom is 0.263 e. The highest BCUT2D eigenvalue weighted by Gasteiger charge is 2.37. The van der Waals surface area contributed by atoms with Gasteiger partial charge in [0.05, 0.1) is 12.8 Å². The number of anilines is 2. The lowest BCUT2D eigenvalue weighted by Crippen LogP contribution is -2.30. The number of ether oxygens (including phenoxy) is 1. The summed E-state index contributed by atoms with van der Waals surface area (Å²) in [6.07, 6.45) is 2.57. The first kappa shape index (κ1) is 18.3. The molecule has 0 saturated heterocycles. The zero-order valence-corrected chi connectivity index (χ0v) is 17.1. The number of methoxy groups -OCH3 is 1. The summed E-state index contributed by atoms with van der Waals surface area (Å²) in [4.78, 5) is 14.3. The highest BCUT2D eigenvalue weighted by molar-refractivity contribution is 9.10. The molecule has 0 radical (unpaired) electrons. The van der Waals surface area contributed by atoms with Gasteiger partial charge in [0.2, 0.25) is 5.91 Å². The Labute approximate surface area is 166 Å². The van der Waals surface area contributed by atoms with E-state index < -0.39 is 10.0 Å². The number of carbonyl (C=O) groups excluding carboxylic acids is 1. The third-order valence-electron chi connectivity index (χ3n) is 4.83. The summed E-state index contributed by atoms with van der Waals surface area (Å²) in [6, 6.07) is 10.1. The molecule has 1 heterocycles. The minimum atomic E-state index is -3.83.